The maximum absolute atomic E-state index is 5.68. The Kier molecular flexibility index (Phi) is 4.59. The number of morpholine rings is 1. The van der Waals surface area contributed by atoms with Crippen molar-refractivity contribution in [1.82, 2.24) is 0 Å². The van der Waals surface area contributed by atoms with Crippen molar-refractivity contribution in [2.45, 2.75) is 19.4 Å². The van der Waals surface area contributed by atoms with E-state index in [-0.39, 0.29) is 0 Å². The van der Waals surface area contributed by atoms with Gasteiger partial charge in [0, 0.05) is 28.8 Å². The zero-order valence-corrected chi connectivity index (χ0v) is 12.8. The molecule has 1 saturated heterocycles. The highest BCUT2D eigenvalue weighted by Gasteiger charge is 2.19. The van der Waals surface area contributed by atoms with Gasteiger partial charge in [-0.1, -0.05) is 19.1 Å². The van der Waals surface area contributed by atoms with E-state index in [1.54, 1.807) is 0 Å². The Labute approximate surface area is 121 Å². The fraction of sp³-hybridized carbons (Fsp3) is 0.462. The zero-order chi connectivity index (χ0) is 13.1. The summed E-state index contributed by atoms with van der Waals surface area (Å²) in [7, 11) is 0. The van der Waals surface area contributed by atoms with Crippen molar-refractivity contribution in [2.24, 2.45) is 5.73 Å². The van der Waals surface area contributed by atoms with Gasteiger partial charge in [0.1, 0.15) is 4.99 Å². The van der Waals surface area contributed by atoms with Gasteiger partial charge in [-0.15, -0.1) is 0 Å². The normalized spacial score (nSPS) is 19.9. The molecule has 1 aliphatic heterocycles. The van der Waals surface area contributed by atoms with E-state index >= 15 is 0 Å². The molecule has 0 saturated carbocycles. The van der Waals surface area contributed by atoms with E-state index in [9.17, 15) is 0 Å². The van der Waals surface area contributed by atoms with Gasteiger partial charge in [0.15, 0.2) is 0 Å². The second-order valence-electron chi connectivity index (χ2n) is 4.38. The summed E-state index contributed by atoms with van der Waals surface area (Å²) in [5.74, 6) is 0. The highest BCUT2D eigenvalue weighted by atomic mass is 79.9. The van der Waals surface area contributed by atoms with Crippen LogP contribution in [-0.2, 0) is 4.74 Å². The number of halogens is 1. The second kappa shape index (κ2) is 5.99. The van der Waals surface area contributed by atoms with Gasteiger partial charge in [0.05, 0.1) is 12.7 Å². The maximum Gasteiger partial charge on any atom is 0.105 e. The van der Waals surface area contributed by atoms with Crippen LogP contribution in [0.2, 0.25) is 0 Å². The van der Waals surface area contributed by atoms with E-state index in [2.05, 4.69) is 39.9 Å². The molecule has 1 aromatic rings. The Balaban J connectivity index is 2.18. The zero-order valence-electron chi connectivity index (χ0n) is 10.4. The summed E-state index contributed by atoms with van der Waals surface area (Å²) in [4.78, 5) is 2.76. The van der Waals surface area contributed by atoms with E-state index in [1.165, 1.54) is 5.69 Å². The molecule has 5 heteroatoms. The molecular formula is C13H17BrN2OS. The largest absolute Gasteiger partial charge is 0.389 e. The van der Waals surface area contributed by atoms with E-state index in [0.717, 1.165) is 36.2 Å². The van der Waals surface area contributed by atoms with Gasteiger partial charge in [0.2, 0.25) is 0 Å². The van der Waals surface area contributed by atoms with Crippen LogP contribution in [-0.4, -0.2) is 30.8 Å². The van der Waals surface area contributed by atoms with Crippen LogP contribution < -0.4 is 10.6 Å². The van der Waals surface area contributed by atoms with Crippen molar-refractivity contribution in [3.05, 3.63) is 28.2 Å². The van der Waals surface area contributed by atoms with Gasteiger partial charge in [-0.05, 0) is 40.5 Å². The number of nitrogens with zero attached hydrogens (tertiary/aromatic N) is 1. The van der Waals surface area contributed by atoms with Crippen molar-refractivity contribution < 1.29 is 4.74 Å². The third kappa shape index (κ3) is 3.02. The molecule has 3 nitrogen and oxygen atoms in total. The highest BCUT2D eigenvalue weighted by molar-refractivity contribution is 9.10. The van der Waals surface area contributed by atoms with E-state index in [4.69, 9.17) is 22.7 Å². The molecule has 0 spiro atoms. The number of anilines is 1. The number of rotatable bonds is 3. The number of benzene rings is 1. The van der Waals surface area contributed by atoms with Crippen molar-refractivity contribution >= 4 is 38.8 Å². The minimum absolute atomic E-state index is 0.327. The van der Waals surface area contributed by atoms with Crippen molar-refractivity contribution in [3.8, 4) is 0 Å². The lowest BCUT2D eigenvalue weighted by atomic mass is 10.1. The number of ether oxygens (including phenoxy) is 1. The molecule has 0 bridgehead atoms. The Hall–Kier alpha value is -0.650. The van der Waals surface area contributed by atoms with Gasteiger partial charge in [-0.25, -0.2) is 0 Å². The summed E-state index contributed by atoms with van der Waals surface area (Å²) >= 11 is 8.52. The van der Waals surface area contributed by atoms with Gasteiger partial charge in [0.25, 0.3) is 0 Å². The quantitative estimate of drug-likeness (QED) is 0.866. The molecule has 1 fully saturated rings. The molecule has 1 unspecified atom stereocenters. The molecule has 2 rings (SSSR count). The molecule has 0 aliphatic carbocycles. The predicted octanol–water partition coefficient (Wildman–Crippen LogP) is 2.70. The SMILES string of the molecule is CCC1CN(c2ccc(C(N)=S)c(Br)c2)CCO1. The average molecular weight is 329 g/mol. The number of hydrogen-bond donors (Lipinski definition) is 1. The fourth-order valence-electron chi connectivity index (χ4n) is 2.10. The molecule has 2 N–H and O–H groups in total. The lowest BCUT2D eigenvalue weighted by Crippen LogP contribution is -2.42. The first-order chi connectivity index (χ1) is 8.61. The minimum atomic E-state index is 0.327. The minimum Gasteiger partial charge on any atom is -0.389 e. The Morgan fingerprint density at radius 2 is 2.39 bits per heavy atom. The summed E-state index contributed by atoms with van der Waals surface area (Å²) in [5.41, 5.74) is 7.72. The first-order valence-electron chi connectivity index (χ1n) is 6.07. The van der Waals surface area contributed by atoms with E-state index in [1.807, 2.05) is 6.07 Å². The third-order valence-corrected chi connectivity index (χ3v) is 4.05. The Morgan fingerprint density at radius 3 is 3.00 bits per heavy atom. The van der Waals surface area contributed by atoms with Crippen LogP contribution in [0.4, 0.5) is 5.69 Å². The molecule has 98 valence electrons. The highest BCUT2D eigenvalue weighted by Crippen LogP contribution is 2.26. The summed E-state index contributed by atoms with van der Waals surface area (Å²) < 4.78 is 6.63. The molecule has 1 heterocycles. The maximum atomic E-state index is 5.68. The van der Waals surface area contributed by atoms with Gasteiger partial charge in [-0.3, -0.25) is 0 Å². The van der Waals surface area contributed by atoms with Crippen LogP contribution in [0.15, 0.2) is 22.7 Å². The Bertz CT molecular complexity index is 453. The second-order valence-corrected chi connectivity index (χ2v) is 5.67. The van der Waals surface area contributed by atoms with Crippen molar-refractivity contribution in [3.63, 3.8) is 0 Å². The van der Waals surface area contributed by atoms with E-state index in [0.29, 0.717) is 11.1 Å². The number of nitrogens with two attached hydrogens (primary N) is 1. The van der Waals surface area contributed by atoms with E-state index < -0.39 is 0 Å². The predicted molar refractivity (Wildman–Crippen MR) is 82.3 cm³/mol. The first kappa shape index (κ1) is 13.8. The topological polar surface area (TPSA) is 38.5 Å². The molecule has 0 aromatic heterocycles. The summed E-state index contributed by atoms with van der Waals surface area (Å²) in [6, 6.07) is 6.11. The van der Waals surface area contributed by atoms with Gasteiger partial charge >= 0.3 is 0 Å². The van der Waals surface area contributed by atoms with Gasteiger partial charge in [-0.2, -0.15) is 0 Å². The molecule has 1 aliphatic rings. The van der Waals surface area contributed by atoms with Gasteiger partial charge < -0.3 is 15.4 Å². The van der Waals surface area contributed by atoms with Crippen LogP contribution in [0.25, 0.3) is 0 Å². The van der Waals surface area contributed by atoms with Crippen LogP contribution >= 0.6 is 28.1 Å². The molecule has 0 radical (unpaired) electrons. The third-order valence-electron chi connectivity index (χ3n) is 3.18. The molecule has 1 aromatic carbocycles. The molecule has 0 amide bonds. The Morgan fingerprint density at radius 1 is 1.61 bits per heavy atom. The summed E-state index contributed by atoms with van der Waals surface area (Å²) in [5, 5.41) is 0. The molecule has 1 atom stereocenters. The van der Waals surface area contributed by atoms with Crippen molar-refractivity contribution in [2.75, 3.05) is 24.6 Å². The lowest BCUT2D eigenvalue weighted by molar-refractivity contribution is 0.0384. The van der Waals surface area contributed by atoms with Crippen molar-refractivity contribution in [1.29, 1.82) is 0 Å². The summed E-state index contributed by atoms with van der Waals surface area (Å²) in [6.45, 7) is 4.80. The standard InChI is InChI=1S/C13H17BrN2OS/c1-2-10-8-16(5-6-17-10)9-3-4-11(13(15)18)12(14)7-9/h3-4,7,10H,2,5-6,8H2,1H3,(H2,15,18). The summed E-state index contributed by atoms with van der Waals surface area (Å²) in [6.07, 6.45) is 1.37. The number of hydrogen-bond acceptors (Lipinski definition) is 3. The molecule has 18 heavy (non-hydrogen) atoms. The first-order valence-corrected chi connectivity index (χ1v) is 7.28. The lowest BCUT2D eigenvalue weighted by Gasteiger charge is -2.34. The van der Waals surface area contributed by atoms with Crippen LogP contribution in [0.3, 0.4) is 0 Å². The fourth-order valence-corrected chi connectivity index (χ4v) is 2.99. The number of thiocarbonyl (C=S) groups is 1. The monoisotopic (exact) mass is 328 g/mol. The van der Waals surface area contributed by atoms with Crippen LogP contribution in [0.5, 0.6) is 0 Å². The van der Waals surface area contributed by atoms with Crippen LogP contribution in [0.1, 0.15) is 18.9 Å². The van der Waals surface area contributed by atoms with Crippen LogP contribution in [0, 0.1) is 0 Å². The molecular weight excluding hydrogens is 312 g/mol. The average Bonchev–Trinajstić information content (AvgIpc) is 2.38. The smallest absolute Gasteiger partial charge is 0.105 e.